The summed E-state index contributed by atoms with van der Waals surface area (Å²) in [5.74, 6) is 0. The van der Waals surface area contributed by atoms with E-state index in [1.807, 2.05) is 121 Å². The summed E-state index contributed by atoms with van der Waals surface area (Å²) in [4.78, 5) is 0. The third-order valence-electron chi connectivity index (χ3n) is 6.90. The Morgan fingerprint density at radius 2 is 1.15 bits per heavy atom. The Kier molecular flexibility index (Phi) is 10.5. The monoisotopic (exact) mass is 540 g/mol. The standard InChI is InChI=1S/C34H36O6/c35-21-30(36-22-26-13-5-1-6-14-26)32(38-24-28-17-9-3-10-18-28)33-31(37-23-27-15-7-2-8-16-27)25-39-34(40-33)29-19-11-4-12-20-29/h1-20,30-35H,21-25H2/t30-,31-,32?,33?,34+/m0/s1. The first-order chi connectivity index (χ1) is 19.8. The van der Waals surface area contributed by atoms with Crippen molar-refractivity contribution < 1.29 is 28.8 Å². The van der Waals surface area contributed by atoms with Crippen LogP contribution in [0.25, 0.3) is 0 Å². The van der Waals surface area contributed by atoms with Crippen LogP contribution in [-0.2, 0) is 43.5 Å². The molecule has 0 radical (unpaired) electrons. The summed E-state index contributed by atoms with van der Waals surface area (Å²) in [5, 5.41) is 10.5. The van der Waals surface area contributed by atoms with E-state index in [1.54, 1.807) is 0 Å². The molecular formula is C34H36O6. The summed E-state index contributed by atoms with van der Waals surface area (Å²) in [5.41, 5.74) is 3.98. The summed E-state index contributed by atoms with van der Waals surface area (Å²) in [6.45, 7) is 1.12. The minimum absolute atomic E-state index is 0.242. The third-order valence-corrected chi connectivity index (χ3v) is 6.90. The number of aliphatic hydroxyl groups is 1. The lowest BCUT2D eigenvalue weighted by Crippen LogP contribution is -2.54. The fraction of sp³-hybridized carbons (Fsp3) is 0.294. The van der Waals surface area contributed by atoms with E-state index in [4.69, 9.17) is 23.7 Å². The second-order valence-electron chi connectivity index (χ2n) is 9.79. The molecule has 4 aromatic rings. The van der Waals surface area contributed by atoms with Crippen LogP contribution in [-0.4, -0.2) is 42.7 Å². The number of benzene rings is 4. The van der Waals surface area contributed by atoms with Gasteiger partial charge in [-0.25, -0.2) is 0 Å². The van der Waals surface area contributed by atoms with Crippen molar-refractivity contribution in [2.45, 2.75) is 50.5 Å². The molecule has 0 amide bonds. The van der Waals surface area contributed by atoms with Gasteiger partial charge in [0.1, 0.15) is 24.4 Å². The van der Waals surface area contributed by atoms with Crippen LogP contribution < -0.4 is 0 Å². The van der Waals surface area contributed by atoms with Gasteiger partial charge in [0, 0.05) is 5.56 Å². The molecule has 6 nitrogen and oxygen atoms in total. The Bertz CT molecular complexity index is 1190. The molecule has 1 heterocycles. The van der Waals surface area contributed by atoms with Gasteiger partial charge in [0.2, 0.25) is 0 Å². The van der Waals surface area contributed by atoms with Crippen molar-refractivity contribution in [1.29, 1.82) is 0 Å². The zero-order valence-electron chi connectivity index (χ0n) is 22.5. The summed E-state index contributed by atoms with van der Waals surface area (Å²) in [7, 11) is 0. The minimum atomic E-state index is -0.661. The van der Waals surface area contributed by atoms with E-state index >= 15 is 0 Å². The first-order valence-corrected chi connectivity index (χ1v) is 13.7. The Morgan fingerprint density at radius 1 is 0.650 bits per heavy atom. The smallest absolute Gasteiger partial charge is 0.184 e. The molecule has 0 saturated carbocycles. The van der Waals surface area contributed by atoms with E-state index in [0.29, 0.717) is 26.4 Å². The Balaban J connectivity index is 1.40. The molecule has 1 aliphatic heterocycles. The molecule has 1 N–H and O–H groups in total. The molecule has 4 aromatic carbocycles. The van der Waals surface area contributed by atoms with Crippen LogP contribution in [0.3, 0.4) is 0 Å². The minimum Gasteiger partial charge on any atom is -0.394 e. The van der Waals surface area contributed by atoms with Crippen molar-refractivity contribution in [3.05, 3.63) is 144 Å². The fourth-order valence-electron chi connectivity index (χ4n) is 4.75. The zero-order valence-corrected chi connectivity index (χ0v) is 22.5. The number of hydrogen-bond acceptors (Lipinski definition) is 6. The molecule has 1 fully saturated rings. The lowest BCUT2D eigenvalue weighted by Gasteiger charge is -2.42. The number of rotatable bonds is 13. The second-order valence-corrected chi connectivity index (χ2v) is 9.79. The molecule has 6 heteroatoms. The Labute approximate surface area is 236 Å². The van der Waals surface area contributed by atoms with Gasteiger partial charge in [0.15, 0.2) is 6.29 Å². The Morgan fingerprint density at radius 3 is 1.70 bits per heavy atom. The van der Waals surface area contributed by atoms with Gasteiger partial charge < -0.3 is 28.8 Å². The number of ether oxygens (including phenoxy) is 5. The summed E-state index contributed by atoms with van der Waals surface area (Å²) >= 11 is 0. The molecule has 0 bridgehead atoms. The molecule has 5 rings (SSSR count). The summed E-state index contributed by atoms with van der Waals surface area (Å²) in [6, 6.07) is 39.7. The van der Waals surface area contributed by atoms with Gasteiger partial charge in [0.05, 0.1) is 33.0 Å². The second kappa shape index (κ2) is 14.9. The SMILES string of the molecule is OC[C@H](OCc1ccccc1)C(OCc1ccccc1)C1O[C@H](c2ccccc2)OC[C@@H]1OCc1ccccc1. The first-order valence-electron chi connectivity index (χ1n) is 13.7. The van der Waals surface area contributed by atoms with Gasteiger partial charge in [-0.2, -0.15) is 0 Å². The predicted molar refractivity (Wildman–Crippen MR) is 152 cm³/mol. The molecule has 5 atom stereocenters. The zero-order chi connectivity index (χ0) is 27.4. The molecule has 0 aromatic heterocycles. The molecule has 2 unspecified atom stereocenters. The van der Waals surface area contributed by atoms with E-state index in [-0.39, 0.29) is 6.61 Å². The summed E-state index contributed by atoms with van der Waals surface area (Å²) < 4.78 is 31.9. The van der Waals surface area contributed by atoms with Crippen molar-refractivity contribution in [3.63, 3.8) is 0 Å². The van der Waals surface area contributed by atoms with Crippen molar-refractivity contribution in [1.82, 2.24) is 0 Å². The number of aliphatic hydroxyl groups excluding tert-OH is 1. The molecule has 1 saturated heterocycles. The number of hydrogen-bond donors (Lipinski definition) is 1. The van der Waals surface area contributed by atoms with Gasteiger partial charge in [-0.1, -0.05) is 121 Å². The average molecular weight is 541 g/mol. The maximum absolute atomic E-state index is 10.5. The van der Waals surface area contributed by atoms with Crippen LogP contribution in [0.1, 0.15) is 28.5 Å². The predicted octanol–water partition coefficient (Wildman–Crippen LogP) is 5.85. The topological polar surface area (TPSA) is 66.4 Å². The lowest BCUT2D eigenvalue weighted by molar-refractivity contribution is -0.302. The van der Waals surface area contributed by atoms with Gasteiger partial charge in [-0.15, -0.1) is 0 Å². The van der Waals surface area contributed by atoms with E-state index in [2.05, 4.69) is 0 Å². The quantitative estimate of drug-likeness (QED) is 0.230. The average Bonchev–Trinajstić information content (AvgIpc) is 3.03. The Hall–Kier alpha value is -3.36. The van der Waals surface area contributed by atoms with Gasteiger partial charge >= 0.3 is 0 Å². The largest absolute Gasteiger partial charge is 0.394 e. The molecule has 208 valence electrons. The van der Waals surface area contributed by atoms with Crippen molar-refractivity contribution in [3.8, 4) is 0 Å². The molecule has 1 aliphatic rings. The van der Waals surface area contributed by atoms with Crippen LogP contribution in [0.5, 0.6) is 0 Å². The molecule has 40 heavy (non-hydrogen) atoms. The molecular weight excluding hydrogens is 504 g/mol. The van der Waals surface area contributed by atoms with Crippen molar-refractivity contribution in [2.75, 3.05) is 13.2 Å². The maximum Gasteiger partial charge on any atom is 0.184 e. The highest BCUT2D eigenvalue weighted by Crippen LogP contribution is 2.32. The summed E-state index contributed by atoms with van der Waals surface area (Å²) in [6.07, 6.45) is -2.91. The maximum atomic E-state index is 10.5. The van der Waals surface area contributed by atoms with Crippen molar-refractivity contribution >= 4 is 0 Å². The van der Waals surface area contributed by atoms with Crippen LogP contribution in [0.15, 0.2) is 121 Å². The van der Waals surface area contributed by atoms with Crippen LogP contribution in [0, 0.1) is 0 Å². The fourth-order valence-corrected chi connectivity index (χ4v) is 4.75. The van der Waals surface area contributed by atoms with E-state index < -0.39 is 30.7 Å². The van der Waals surface area contributed by atoms with Crippen LogP contribution >= 0.6 is 0 Å². The first kappa shape index (κ1) is 28.2. The van der Waals surface area contributed by atoms with Gasteiger partial charge in [0.25, 0.3) is 0 Å². The lowest BCUT2D eigenvalue weighted by atomic mass is 10.0. The van der Waals surface area contributed by atoms with Crippen LogP contribution in [0.4, 0.5) is 0 Å². The highest BCUT2D eigenvalue weighted by molar-refractivity contribution is 5.18. The molecule has 0 spiro atoms. The highest BCUT2D eigenvalue weighted by atomic mass is 16.7. The van der Waals surface area contributed by atoms with Crippen molar-refractivity contribution in [2.24, 2.45) is 0 Å². The normalized spacial score (nSPS) is 20.6. The third kappa shape index (κ3) is 7.86. The van der Waals surface area contributed by atoms with Gasteiger partial charge in [-0.3, -0.25) is 0 Å². The van der Waals surface area contributed by atoms with E-state index in [0.717, 1.165) is 22.3 Å². The van der Waals surface area contributed by atoms with E-state index in [9.17, 15) is 5.11 Å². The van der Waals surface area contributed by atoms with E-state index in [1.165, 1.54) is 0 Å². The highest BCUT2D eigenvalue weighted by Gasteiger charge is 2.43. The van der Waals surface area contributed by atoms with Crippen LogP contribution in [0.2, 0.25) is 0 Å². The van der Waals surface area contributed by atoms with Gasteiger partial charge in [-0.05, 0) is 16.7 Å². The molecule has 0 aliphatic carbocycles.